The predicted octanol–water partition coefficient (Wildman–Crippen LogP) is 1.03. The molecule has 114 valence electrons. The molecule has 2 heterocycles. The maximum atomic E-state index is 12.2. The zero-order valence-electron chi connectivity index (χ0n) is 11.1. The van der Waals surface area contributed by atoms with Gasteiger partial charge in [-0.25, -0.2) is 8.42 Å². The number of rotatable bonds is 2. The normalized spacial score (nSPS) is 22.8. The Morgan fingerprint density at radius 2 is 2.05 bits per heavy atom. The van der Waals surface area contributed by atoms with Crippen LogP contribution in [0.25, 0.3) is 0 Å². The van der Waals surface area contributed by atoms with Crippen molar-refractivity contribution in [2.45, 2.75) is 12.5 Å². The molecule has 0 saturated carbocycles. The molecule has 1 N–H and O–H groups in total. The molecular formula is C13H14ClNO5S. The number of halogens is 1. The van der Waals surface area contributed by atoms with Gasteiger partial charge >= 0.3 is 0 Å². The number of ether oxygens (including phenoxy) is 2. The Kier molecular flexibility index (Phi) is 3.71. The third-order valence-corrected chi connectivity index (χ3v) is 5.48. The zero-order chi connectivity index (χ0) is 15.0. The summed E-state index contributed by atoms with van der Waals surface area (Å²) < 4.78 is 33.6. The number of benzene rings is 1. The molecule has 1 aromatic rings. The van der Waals surface area contributed by atoms with E-state index < -0.39 is 9.84 Å². The summed E-state index contributed by atoms with van der Waals surface area (Å²) in [7, 11) is -3.03. The molecular weight excluding hydrogens is 318 g/mol. The van der Waals surface area contributed by atoms with E-state index >= 15 is 0 Å². The Hall–Kier alpha value is -1.47. The first-order chi connectivity index (χ1) is 9.94. The molecule has 1 amide bonds. The number of carbonyl (C=O) groups is 1. The molecule has 0 unspecified atom stereocenters. The van der Waals surface area contributed by atoms with E-state index in [0.717, 1.165) is 0 Å². The second-order valence-electron chi connectivity index (χ2n) is 5.06. The van der Waals surface area contributed by atoms with Crippen molar-refractivity contribution < 1.29 is 22.7 Å². The lowest BCUT2D eigenvalue weighted by Crippen LogP contribution is -2.35. The van der Waals surface area contributed by atoms with Gasteiger partial charge in [0.2, 0.25) is 0 Å². The molecule has 0 aromatic heterocycles. The Morgan fingerprint density at radius 3 is 2.76 bits per heavy atom. The van der Waals surface area contributed by atoms with Gasteiger partial charge in [0.15, 0.2) is 21.3 Å². The van der Waals surface area contributed by atoms with Crippen molar-refractivity contribution in [1.82, 2.24) is 5.32 Å². The SMILES string of the molecule is O=C(N[C@H]1CCS(=O)(=O)C1)c1cc(Cl)c2c(c1)OCCO2. The highest BCUT2D eigenvalue weighted by Crippen LogP contribution is 2.38. The minimum atomic E-state index is -3.03. The summed E-state index contributed by atoms with van der Waals surface area (Å²) in [4.78, 5) is 12.2. The maximum Gasteiger partial charge on any atom is 0.251 e. The van der Waals surface area contributed by atoms with Crippen LogP contribution in [0.5, 0.6) is 11.5 Å². The fourth-order valence-corrected chi connectivity index (χ4v) is 4.36. The minimum Gasteiger partial charge on any atom is -0.486 e. The van der Waals surface area contributed by atoms with E-state index in [2.05, 4.69) is 5.32 Å². The molecule has 0 aliphatic carbocycles. The van der Waals surface area contributed by atoms with Crippen molar-refractivity contribution in [2.75, 3.05) is 24.7 Å². The molecule has 1 aromatic carbocycles. The second-order valence-corrected chi connectivity index (χ2v) is 7.69. The quantitative estimate of drug-likeness (QED) is 0.875. The highest BCUT2D eigenvalue weighted by Gasteiger charge is 2.29. The third-order valence-electron chi connectivity index (χ3n) is 3.43. The molecule has 6 nitrogen and oxygen atoms in total. The molecule has 1 saturated heterocycles. The van der Waals surface area contributed by atoms with Crippen molar-refractivity contribution >= 4 is 27.3 Å². The van der Waals surface area contributed by atoms with Crippen LogP contribution in [-0.4, -0.2) is 45.1 Å². The van der Waals surface area contributed by atoms with Gasteiger partial charge in [0.05, 0.1) is 16.5 Å². The fourth-order valence-electron chi connectivity index (χ4n) is 2.42. The first-order valence-electron chi connectivity index (χ1n) is 6.55. The average molecular weight is 332 g/mol. The van der Waals surface area contributed by atoms with E-state index in [1.54, 1.807) is 6.07 Å². The fraction of sp³-hybridized carbons (Fsp3) is 0.462. The summed E-state index contributed by atoms with van der Waals surface area (Å²) in [5, 5.41) is 3.01. The molecule has 2 aliphatic rings. The molecule has 3 rings (SSSR count). The molecule has 2 aliphatic heterocycles. The Morgan fingerprint density at radius 1 is 1.29 bits per heavy atom. The van der Waals surface area contributed by atoms with Crippen LogP contribution in [0.4, 0.5) is 0 Å². The van der Waals surface area contributed by atoms with Crippen molar-refractivity contribution in [2.24, 2.45) is 0 Å². The molecule has 0 bridgehead atoms. The second kappa shape index (κ2) is 5.38. The lowest BCUT2D eigenvalue weighted by Gasteiger charge is -2.20. The van der Waals surface area contributed by atoms with Gasteiger partial charge in [-0.05, 0) is 18.6 Å². The Bertz CT molecular complexity index is 688. The molecule has 0 radical (unpaired) electrons. The van der Waals surface area contributed by atoms with Crippen LogP contribution >= 0.6 is 11.6 Å². The largest absolute Gasteiger partial charge is 0.486 e. The number of carbonyl (C=O) groups excluding carboxylic acids is 1. The van der Waals surface area contributed by atoms with Gasteiger partial charge < -0.3 is 14.8 Å². The van der Waals surface area contributed by atoms with Crippen molar-refractivity contribution in [1.29, 1.82) is 0 Å². The Balaban J connectivity index is 1.77. The van der Waals surface area contributed by atoms with Crippen LogP contribution in [0.3, 0.4) is 0 Å². The van der Waals surface area contributed by atoms with Crippen molar-refractivity contribution in [3.05, 3.63) is 22.7 Å². The monoisotopic (exact) mass is 331 g/mol. The van der Waals surface area contributed by atoms with E-state index in [0.29, 0.717) is 41.7 Å². The highest BCUT2D eigenvalue weighted by molar-refractivity contribution is 7.91. The Labute approximate surface area is 127 Å². The van der Waals surface area contributed by atoms with Gasteiger partial charge in [0, 0.05) is 11.6 Å². The van der Waals surface area contributed by atoms with Crippen molar-refractivity contribution in [3.8, 4) is 11.5 Å². The lowest BCUT2D eigenvalue weighted by atomic mass is 10.1. The summed E-state index contributed by atoms with van der Waals surface area (Å²) in [6.45, 7) is 0.813. The molecule has 1 atom stereocenters. The van der Waals surface area contributed by atoms with Gasteiger partial charge in [0.1, 0.15) is 13.2 Å². The predicted molar refractivity (Wildman–Crippen MR) is 77.0 cm³/mol. The molecule has 0 spiro atoms. The van der Waals surface area contributed by atoms with Gasteiger partial charge in [-0.2, -0.15) is 0 Å². The number of hydrogen-bond donors (Lipinski definition) is 1. The van der Waals surface area contributed by atoms with E-state index in [4.69, 9.17) is 21.1 Å². The van der Waals surface area contributed by atoms with Crippen LogP contribution in [0.15, 0.2) is 12.1 Å². The van der Waals surface area contributed by atoms with Crippen LogP contribution in [-0.2, 0) is 9.84 Å². The molecule has 21 heavy (non-hydrogen) atoms. The van der Waals surface area contributed by atoms with Gasteiger partial charge in [0.25, 0.3) is 5.91 Å². The van der Waals surface area contributed by atoms with Crippen LogP contribution in [0.2, 0.25) is 5.02 Å². The summed E-state index contributed by atoms with van der Waals surface area (Å²) in [5.74, 6) is 0.591. The first kappa shape index (κ1) is 14.5. The van der Waals surface area contributed by atoms with E-state index in [-0.39, 0.29) is 23.5 Å². The number of amides is 1. The summed E-state index contributed by atoms with van der Waals surface area (Å²) in [5.41, 5.74) is 0.327. The maximum absolute atomic E-state index is 12.2. The van der Waals surface area contributed by atoms with Crippen LogP contribution in [0, 0.1) is 0 Å². The lowest BCUT2D eigenvalue weighted by molar-refractivity contribution is 0.0940. The van der Waals surface area contributed by atoms with Gasteiger partial charge in [-0.1, -0.05) is 11.6 Å². The number of nitrogens with one attached hydrogen (secondary N) is 1. The minimum absolute atomic E-state index is 0.0168. The molecule has 1 fully saturated rings. The summed E-state index contributed by atoms with van der Waals surface area (Å²) >= 11 is 6.07. The topological polar surface area (TPSA) is 81.7 Å². The van der Waals surface area contributed by atoms with E-state index in [1.165, 1.54) is 6.07 Å². The third kappa shape index (κ3) is 3.08. The first-order valence-corrected chi connectivity index (χ1v) is 8.75. The molecule has 8 heteroatoms. The highest BCUT2D eigenvalue weighted by atomic mass is 35.5. The number of hydrogen-bond acceptors (Lipinski definition) is 5. The van der Waals surface area contributed by atoms with Crippen LogP contribution in [0.1, 0.15) is 16.8 Å². The smallest absolute Gasteiger partial charge is 0.251 e. The zero-order valence-corrected chi connectivity index (χ0v) is 12.7. The van der Waals surface area contributed by atoms with Gasteiger partial charge in [-0.15, -0.1) is 0 Å². The summed E-state index contributed by atoms with van der Waals surface area (Å²) in [6.07, 6.45) is 0.437. The van der Waals surface area contributed by atoms with E-state index in [1.807, 2.05) is 0 Å². The van der Waals surface area contributed by atoms with Crippen LogP contribution < -0.4 is 14.8 Å². The van der Waals surface area contributed by atoms with E-state index in [9.17, 15) is 13.2 Å². The van der Waals surface area contributed by atoms with Gasteiger partial charge in [-0.3, -0.25) is 4.79 Å². The summed E-state index contributed by atoms with van der Waals surface area (Å²) in [6, 6.07) is 2.70. The standard InChI is InChI=1S/C13H14ClNO5S/c14-10-5-8(6-11-12(10)20-3-2-19-11)13(16)15-9-1-4-21(17,18)7-9/h5-6,9H,1-4,7H2,(H,15,16)/t9-/m0/s1. The number of fused-ring (bicyclic) bond motifs is 1. The average Bonchev–Trinajstić information content (AvgIpc) is 2.78. The number of sulfone groups is 1. The van der Waals surface area contributed by atoms with Crippen molar-refractivity contribution in [3.63, 3.8) is 0 Å².